The van der Waals surface area contributed by atoms with E-state index in [9.17, 15) is 4.79 Å². The van der Waals surface area contributed by atoms with Gasteiger partial charge >= 0.3 is 5.97 Å². The molecule has 0 heterocycles. The van der Waals surface area contributed by atoms with E-state index in [2.05, 4.69) is 28.9 Å². The SMILES string of the molecule is CCCCOC(=O)C(Br)CCCc1cccc(OC)c1. The molecule has 112 valence electrons. The van der Waals surface area contributed by atoms with Crippen LogP contribution in [0.15, 0.2) is 24.3 Å². The first-order valence-corrected chi connectivity index (χ1v) is 8.02. The van der Waals surface area contributed by atoms with Crippen LogP contribution >= 0.6 is 15.9 Å². The number of benzene rings is 1. The van der Waals surface area contributed by atoms with Crippen molar-refractivity contribution >= 4 is 21.9 Å². The van der Waals surface area contributed by atoms with Gasteiger partial charge in [-0.15, -0.1) is 0 Å². The van der Waals surface area contributed by atoms with Crippen LogP contribution < -0.4 is 4.74 Å². The summed E-state index contributed by atoms with van der Waals surface area (Å²) >= 11 is 3.40. The average Bonchev–Trinajstić information content (AvgIpc) is 2.47. The molecule has 0 aliphatic heterocycles. The van der Waals surface area contributed by atoms with Crippen LogP contribution in [-0.4, -0.2) is 24.5 Å². The van der Waals surface area contributed by atoms with Gasteiger partial charge in [0.25, 0.3) is 0 Å². The van der Waals surface area contributed by atoms with E-state index in [4.69, 9.17) is 9.47 Å². The fourth-order valence-electron chi connectivity index (χ4n) is 1.84. The molecular formula is C16H23BrO3. The Balaban J connectivity index is 2.26. The van der Waals surface area contributed by atoms with E-state index in [1.165, 1.54) is 5.56 Å². The van der Waals surface area contributed by atoms with E-state index in [1.807, 2.05) is 18.2 Å². The first-order valence-electron chi connectivity index (χ1n) is 7.11. The Morgan fingerprint density at radius 3 is 2.85 bits per heavy atom. The molecule has 3 nitrogen and oxygen atoms in total. The molecule has 0 radical (unpaired) electrons. The normalized spacial score (nSPS) is 11.9. The minimum Gasteiger partial charge on any atom is -0.497 e. The number of hydrogen-bond donors (Lipinski definition) is 0. The van der Waals surface area contributed by atoms with Crippen molar-refractivity contribution in [1.29, 1.82) is 0 Å². The van der Waals surface area contributed by atoms with E-state index in [0.717, 1.165) is 37.9 Å². The zero-order valence-corrected chi connectivity index (χ0v) is 13.8. The summed E-state index contributed by atoms with van der Waals surface area (Å²) < 4.78 is 10.4. The number of esters is 1. The minimum atomic E-state index is -0.204. The van der Waals surface area contributed by atoms with Crippen molar-refractivity contribution in [2.24, 2.45) is 0 Å². The summed E-state index contributed by atoms with van der Waals surface area (Å²) in [4.78, 5) is 11.5. The van der Waals surface area contributed by atoms with Gasteiger partial charge in [-0.1, -0.05) is 41.4 Å². The second-order valence-electron chi connectivity index (χ2n) is 4.73. The average molecular weight is 343 g/mol. The maximum atomic E-state index is 11.7. The van der Waals surface area contributed by atoms with Gasteiger partial charge < -0.3 is 9.47 Å². The lowest BCUT2D eigenvalue weighted by Gasteiger charge is -2.10. The number of unbranched alkanes of at least 4 members (excludes halogenated alkanes) is 1. The summed E-state index contributed by atoms with van der Waals surface area (Å²) in [5, 5.41) is 0. The van der Waals surface area contributed by atoms with Crippen molar-refractivity contribution in [1.82, 2.24) is 0 Å². The molecule has 20 heavy (non-hydrogen) atoms. The Morgan fingerprint density at radius 2 is 2.15 bits per heavy atom. The molecule has 0 bridgehead atoms. The molecule has 1 unspecified atom stereocenters. The summed E-state index contributed by atoms with van der Waals surface area (Å²) in [5.74, 6) is 0.723. The molecule has 1 aromatic carbocycles. The van der Waals surface area contributed by atoms with Gasteiger partial charge in [0.1, 0.15) is 10.6 Å². The number of halogens is 1. The molecule has 0 saturated carbocycles. The van der Waals surface area contributed by atoms with Gasteiger partial charge in [-0.2, -0.15) is 0 Å². The van der Waals surface area contributed by atoms with Crippen LogP contribution in [-0.2, 0) is 16.0 Å². The Kier molecular flexibility index (Phi) is 8.35. The van der Waals surface area contributed by atoms with Gasteiger partial charge in [-0.3, -0.25) is 4.79 Å². The summed E-state index contributed by atoms with van der Waals surface area (Å²) in [7, 11) is 1.67. The molecule has 1 rings (SSSR count). The Bertz CT molecular complexity index is 406. The third kappa shape index (κ3) is 6.42. The molecule has 0 amide bonds. The Labute approximate surface area is 129 Å². The van der Waals surface area contributed by atoms with E-state index in [1.54, 1.807) is 7.11 Å². The quantitative estimate of drug-likeness (QED) is 0.384. The van der Waals surface area contributed by atoms with E-state index < -0.39 is 0 Å². The van der Waals surface area contributed by atoms with Gasteiger partial charge in [0, 0.05) is 0 Å². The molecule has 0 spiro atoms. The number of rotatable bonds is 9. The van der Waals surface area contributed by atoms with Gasteiger partial charge in [0.2, 0.25) is 0 Å². The van der Waals surface area contributed by atoms with Crippen molar-refractivity contribution in [3.05, 3.63) is 29.8 Å². The number of hydrogen-bond acceptors (Lipinski definition) is 3. The van der Waals surface area contributed by atoms with Crippen molar-refractivity contribution < 1.29 is 14.3 Å². The van der Waals surface area contributed by atoms with E-state index in [0.29, 0.717) is 6.61 Å². The van der Waals surface area contributed by atoms with Crippen LogP contribution in [0.5, 0.6) is 5.75 Å². The molecule has 0 saturated heterocycles. The molecule has 0 N–H and O–H groups in total. The zero-order valence-electron chi connectivity index (χ0n) is 12.2. The second-order valence-corrected chi connectivity index (χ2v) is 5.84. The maximum absolute atomic E-state index is 11.7. The predicted octanol–water partition coefficient (Wildman–Crippen LogP) is 4.12. The predicted molar refractivity (Wildman–Crippen MR) is 84.5 cm³/mol. The standard InChI is InChI=1S/C16H23BrO3/c1-3-4-11-20-16(18)15(17)10-6-8-13-7-5-9-14(12-13)19-2/h5,7,9,12,15H,3-4,6,8,10-11H2,1-2H3. The van der Waals surface area contributed by atoms with Crippen LogP contribution in [0.4, 0.5) is 0 Å². The molecule has 0 aromatic heterocycles. The lowest BCUT2D eigenvalue weighted by atomic mass is 10.1. The Hall–Kier alpha value is -1.03. The number of methoxy groups -OCH3 is 1. The third-order valence-electron chi connectivity index (χ3n) is 3.06. The number of aryl methyl sites for hydroxylation is 1. The fraction of sp³-hybridized carbons (Fsp3) is 0.562. The van der Waals surface area contributed by atoms with Crippen LogP contribution in [0.25, 0.3) is 0 Å². The number of carbonyl (C=O) groups excluding carboxylic acids is 1. The fourth-order valence-corrected chi connectivity index (χ4v) is 2.29. The molecule has 4 heteroatoms. The van der Waals surface area contributed by atoms with Gasteiger partial charge in [-0.25, -0.2) is 0 Å². The van der Waals surface area contributed by atoms with Crippen molar-refractivity contribution in [2.75, 3.05) is 13.7 Å². The summed E-state index contributed by atoms with van der Waals surface area (Å²) in [6, 6.07) is 8.02. The second kappa shape index (κ2) is 9.81. The van der Waals surface area contributed by atoms with E-state index in [-0.39, 0.29) is 10.8 Å². The smallest absolute Gasteiger partial charge is 0.319 e. The van der Waals surface area contributed by atoms with Crippen molar-refractivity contribution in [3.8, 4) is 5.75 Å². The van der Waals surface area contributed by atoms with Crippen LogP contribution in [0.1, 0.15) is 38.2 Å². The highest BCUT2D eigenvalue weighted by Gasteiger charge is 2.15. The van der Waals surface area contributed by atoms with Gasteiger partial charge in [-0.05, 0) is 43.4 Å². The first kappa shape index (κ1) is 17.0. The van der Waals surface area contributed by atoms with Gasteiger partial charge in [0.15, 0.2) is 0 Å². The number of ether oxygens (including phenoxy) is 2. The zero-order chi connectivity index (χ0) is 14.8. The Morgan fingerprint density at radius 1 is 1.35 bits per heavy atom. The van der Waals surface area contributed by atoms with Crippen LogP contribution in [0.3, 0.4) is 0 Å². The lowest BCUT2D eigenvalue weighted by Crippen LogP contribution is -2.18. The molecule has 0 aliphatic carbocycles. The van der Waals surface area contributed by atoms with Crippen molar-refractivity contribution in [3.63, 3.8) is 0 Å². The third-order valence-corrected chi connectivity index (χ3v) is 3.89. The molecule has 0 fully saturated rings. The van der Waals surface area contributed by atoms with Crippen LogP contribution in [0.2, 0.25) is 0 Å². The van der Waals surface area contributed by atoms with E-state index >= 15 is 0 Å². The largest absolute Gasteiger partial charge is 0.497 e. The first-order chi connectivity index (χ1) is 9.67. The molecule has 1 atom stereocenters. The van der Waals surface area contributed by atoms with Gasteiger partial charge in [0.05, 0.1) is 13.7 Å². The highest BCUT2D eigenvalue weighted by molar-refractivity contribution is 9.10. The highest BCUT2D eigenvalue weighted by Crippen LogP contribution is 2.17. The summed E-state index contributed by atoms with van der Waals surface area (Å²) in [5.41, 5.74) is 1.23. The number of carbonyl (C=O) groups is 1. The maximum Gasteiger partial charge on any atom is 0.319 e. The highest BCUT2D eigenvalue weighted by atomic mass is 79.9. The summed E-state index contributed by atoms with van der Waals surface area (Å²) in [6.45, 7) is 2.60. The topological polar surface area (TPSA) is 35.5 Å². The number of alkyl halides is 1. The van der Waals surface area contributed by atoms with Crippen molar-refractivity contribution in [2.45, 2.75) is 43.9 Å². The monoisotopic (exact) mass is 342 g/mol. The molecular weight excluding hydrogens is 320 g/mol. The molecule has 1 aromatic rings. The lowest BCUT2D eigenvalue weighted by molar-refractivity contribution is -0.143. The van der Waals surface area contributed by atoms with Crippen LogP contribution in [0, 0.1) is 0 Å². The summed E-state index contributed by atoms with van der Waals surface area (Å²) in [6.07, 6.45) is 4.61. The molecule has 0 aliphatic rings. The minimum absolute atomic E-state index is 0.149.